The SMILES string of the molecule is CC(C)Cc1ncnc2[nH]c(Cl)cc12. The number of hydrogen-bond acceptors (Lipinski definition) is 2. The van der Waals surface area contributed by atoms with Crippen molar-refractivity contribution in [2.45, 2.75) is 20.3 Å². The molecule has 0 aliphatic rings. The van der Waals surface area contributed by atoms with Gasteiger partial charge in [0.2, 0.25) is 0 Å². The molecular formula is C10H12ClN3. The van der Waals surface area contributed by atoms with Crippen LogP contribution < -0.4 is 0 Å². The van der Waals surface area contributed by atoms with E-state index in [4.69, 9.17) is 11.6 Å². The van der Waals surface area contributed by atoms with Gasteiger partial charge in [-0.2, -0.15) is 0 Å². The first-order valence-corrected chi connectivity index (χ1v) is 5.02. The number of rotatable bonds is 2. The zero-order valence-electron chi connectivity index (χ0n) is 8.21. The maximum absolute atomic E-state index is 5.87. The molecule has 0 fully saturated rings. The van der Waals surface area contributed by atoms with Crippen LogP contribution in [0.15, 0.2) is 12.4 Å². The van der Waals surface area contributed by atoms with Gasteiger partial charge in [0, 0.05) is 5.39 Å². The monoisotopic (exact) mass is 209 g/mol. The first-order valence-electron chi connectivity index (χ1n) is 4.65. The summed E-state index contributed by atoms with van der Waals surface area (Å²) in [6, 6.07) is 1.88. The van der Waals surface area contributed by atoms with Crippen LogP contribution in [-0.2, 0) is 6.42 Å². The van der Waals surface area contributed by atoms with Gasteiger partial charge in [0.25, 0.3) is 0 Å². The molecule has 0 bridgehead atoms. The van der Waals surface area contributed by atoms with Gasteiger partial charge in [0.05, 0.1) is 5.69 Å². The Balaban J connectivity index is 2.53. The van der Waals surface area contributed by atoms with E-state index < -0.39 is 0 Å². The van der Waals surface area contributed by atoms with Crippen LogP contribution in [-0.4, -0.2) is 15.0 Å². The van der Waals surface area contributed by atoms with E-state index in [0.717, 1.165) is 23.1 Å². The summed E-state index contributed by atoms with van der Waals surface area (Å²) in [4.78, 5) is 11.4. The molecule has 2 aromatic heterocycles. The Morgan fingerprint density at radius 1 is 1.43 bits per heavy atom. The van der Waals surface area contributed by atoms with Crippen molar-refractivity contribution in [2.24, 2.45) is 5.92 Å². The quantitative estimate of drug-likeness (QED) is 0.827. The van der Waals surface area contributed by atoms with Gasteiger partial charge in [-0.3, -0.25) is 0 Å². The highest BCUT2D eigenvalue weighted by Gasteiger charge is 2.07. The molecule has 4 heteroatoms. The number of halogens is 1. The fourth-order valence-corrected chi connectivity index (χ4v) is 1.71. The van der Waals surface area contributed by atoms with Crippen LogP contribution in [0.3, 0.4) is 0 Å². The lowest BCUT2D eigenvalue weighted by Gasteiger charge is -2.03. The molecule has 3 nitrogen and oxygen atoms in total. The maximum atomic E-state index is 5.87. The van der Waals surface area contributed by atoms with Gasteiger partial charge in [-0.25, -0.2) is 9.97 Å². The molecule has 0 radical (unpaired) electrons. The highest BCUT2D eigenvalue weighted by molar-refractivity contribution is 6.30. The van der Waals surface area contributed by atoms with Gasteiger partial charge < -0.3 is 4.98 Å². The van der Waals surface area contributed by atoms with Crippen LogP contribution in [0.4, 0.5) is 0 Å². The van der Waals surface area contributed by atoms with Gasteiger partial charge in [0.1, 0.15) is 17.1 Å². The molecule has 0 aromatic carbocycles. The van der Waals surface area contributed by atoms with Crippen LogP contribution in [0.25, 0.3) is 11.0 Å². The number of nitrogens with zero attached hydrogens (tertiary/aromatic N) is 2. The van der Waals surface area contributed by atoms with Gasteiger partial charge in [-0.15, -0.1) is 0 Å². The van der Waals surface area contributed by atoms with E-state index in [1.165, 1.54) is 0 Å². The Morgan fingerprint density at radius 2 is 2.21 bits per heavy atom. The highest BCUT2D eigenvalue weighted by atomic mass is 35.5. The fourth-order valence-electron chi connectivity index (χ4n) is 1.51. The molecule has 2 aromatic rings. The first-order chi connectivity index (χ1) is 6.66. The van der Waals surface area contributed by atoms with E-state index in [9.17, 15) is 0 Å². The van der Waals surface area contributed by atoms with Gasteiger partial charge in [-0.05, 0) is 18.4 Å². The minimum absolute atomic E-state index is 0.585. The molecule has 0 aliphatic heterocycles. The van der Waals surface area contributed by atoms with Gasteiger partial charge in [-0.1, -0.05) is 25.4 Å². The third-order valence-electron chi connectivity index (χ3n) is 2.08. The number of fused-ring (bicyclic) bond motifs is 1. The van der Waals surface area contributed by atoms with E-state index in [1.54, 1.807) is 6.33 Å². The van der Waals surface area contributed by atoms with Gasteiger partial charge >= 0.3 is 0 Å². The largest absolute Gasteiger partial charge is 0.330 e. The molecule has 0 atom stereocenters. The molecule has 14 heavy (non-hydrogen) atoms. The zero-order valence-corrected chi connectivity index (χ0v) is 8.97. The predicted molar refractivity (Wildman–Crippen MR) is 57.4 cm³/mol. The molecule has 74 valence electrons. The number of aromatic nitrogens is 3. The second kappa shape index (κ2) is 3.58. The molecule has 0 saturated carbocycles. The lowest BCUT2D eigenvalue weighted by molar-refractivity contribution is 0.638. The Hall–Kier alpha value is -1.09. The molecule has 1 N–H and O–H groups in total. The molecule has 2 rings (SSSR count). The van der Waals surface area contributed by atoms with Crippen LogP contribution >= 0.6 is 11.6 Å². The van der Waals surface area contributed by atoms with Crippen LogP contribution in [0.2, 0.25) is 5.15 Å². The van der Waals surface area contributed by atoms with Crippen molar-refractivity contribution in [2.75, 3.05) is 0 Å². The Labute approximate surface area is 87.5 Å². The summed E-state index contributed by atoms with van der Waals surface area (Å²) in [5.74, 6) is 0.585. The summed E-state index contributed by atoms with van der Waals surface area (Å²) in [6.45, 7) is 4.34. The minimum Gasteiger partial charge on any atom is -0.330 e. The molecule has 0 amide bonds. The zero-order chi connectivity index (χ0) is 10.1. The van der Waals surface area contributed by atoms with Crippen molar-refractivity contribution in [3.05, 3.63) is 23.2 Å². The summed E-state index contributed by atoms with van der Waals surface area (Å²) >= 11 is 5.87. The Kier molecular flexibility index (Phi) is 2.42. The number of nitrogens with one attached hydrogen (secondary N) is 1. The summed E-state index contributed by atoms with van der Waals surface area (Å²) in [7, 11) is 0. The van der Waals surface area contributed by atoms with E-state index in [2.05, 4.69) is 28.8 Å². The van der Waals surface area contributed by atoms with E-state index in [0.29, 0.717) is 11.1 Å². The van der Waals surface area contributed by atoms with E-state index >= 15 is 0 Å². The molecular weight excluding hydrogens is 198 g/mol. The van der Waals surface area contributed by atoms with Crippen molar-refractivity contribution in [1.29, 1.82) is 0 Å². The minimum atomic E-state index is 0.585. The van der Waals surface area contributed by atoms with Gasteiger partial charge in [0.15, 0.2) is 0 Å². The third kappa shape index (κ3) is 1.73. The standard InChI is InChI=1S/C10H12ClN3/c1-6(2)3-8-7-4-9(11)14-10(7)13-5-12-8/h4-6H,3H2,1-2H3,(H,12,13,14). The molecule has 0 aliphatic carbocycles. The Bertz CT molecular complexity index is 448. The fraction of sp³-hybridized carbons (Fsp3) is 0.400. The second-order valence-corrected chi connectivity index (χ2v) is 4.21. The topological polar surface area (TPSA) is 41.6 Å². The van der Waals surface area contributed by atoms with Crippen LogP contribution in [0.5, 0.6) is 0 Å². The van der Waals surface area contributed by atoms with Crippen molar-refractivity contribution in [3.63, 3.8) is 0 Å². The first kappa shape index (κ1) is 9.46. The average molecular weight is 210 g/mol. The molecule has 0 unspecified atom stereocenters. The van der Waals surface area contributed by atoms with Crippen LogP contribution in [0.1, 0.15) is 19.5 Å². The predicted octanol–water partition coefficient (Wildman–Crippen LogP) is 2.81. The smallest absolute Gasteiger partial charge is 0.142 e. The van der Waals surface area contributed by atoms with Crippen molar-refractivity contribution in [1.82, 2.24) is 15.0 Å². The number of hydrogen-bond donors (Lipinski definition) is 1. The third-order valence-corrected chi connectivity index (χ3v) is 2.28. The van der Waals surface area contributed by atoms with Crippen molar-refractivity contribution < 1.29 is 0 Å². The molecule has 0 saturated heterocycles. The maximum Gasteiger partial charge on any atom is 0.142 e. The summed E-state index contributed by atoms with van der Waals surface area (Å²) < 4.78 is 0. The second-order valence-electron chi connectivity index (χ2n) is 3.80. The number of aromatic amines is 1. The van der Waals surface area contributed by atoms with Crippen LogP contribution in [0, 0.1) is 5.92 Å². The highest BCUT2D eigenvalue weighted by Crippen LogP contribution is 2.20. The normalized spacial score (nSPS) is 11.4. The Morgan fingerprint density at radius 3 is 2.93 bits per heavy atom. The molecule has 2 heterocycles. The lowest BCUT2D eigenvalue weighted by atomic mass is 10.1. The molecule has 0 spiro atoms. The lowest BCUT2D eigenvalue weighted by Crippen LogP contribution is -1.98. The summed E-state index contributed by atoms with van der Waals surface area (Å²) in [5.41, 5.74) is 1.88. The number of H-pyrrole nitrogens is 1. The summed E-state index contributed by atoms with van der Waals surface area (Å²) in [6.07, 6.45) is 2.53. The van der Waals surface area contributed by atoms with E-state index in [1.807, 2.05) is 6.07 Å². The van der Waals surface area contributed by atoms with E-state index in [-0.39, 0.29) is 0 Å². The summed E-state index contributed by atoms with van der Waals surface area (Å²) in [5, 5.41) is 1.65. The van der Waals surface area contributed by atoms with Crippen molar-refractivity contribution in [3.8, 4) is 0 Å². The average Bonchev–Trinajstić information content (AvgIpc) is 2.45. The van der Waals surface area contributed by atoms with Crippen molar-refractivity contribution >= 4 is 22.6 Å².